The second-order valence-electron chi connectivity index (χ2n) is 6.83. The zero-order valence-electron chi connectivity index (χ0n) is 15.1. The van der Waals surface area contributed by atoms with Gasteiger partial charge in [0.2, 0.25) is 0 Å². The molecule has 0 spiro atoms. The van der Waals surface area contributed by atoms with Crippen molar-refractivity contribution in [2.75, 3.05) is 24.4 Å². The molecule has 6 heteroatoms. The maximum absolute atomic E-state index is 12.7. The second-order valence-corrected chi connectivity index (χ2v) is 8.80. The molecule has 0 aromatic heterocycles. The molecule has 0 saturated carbocycles. The van der Waals surface area contributed by atoms with E-state index in [0.717, 1.165) is 25.9 Å². The van der Waals surface area contributed by atoms with Crippen molar-refractivity contribution < 1.29 is 13.2 Å². The monoisotopic (exact) mass is 372 g/mol. The van der Waals surface area contributed by atoms with Gasteiger partial charge in [0, 0.05) is 25.7 Å². The fourth-order valence-electron chi connectivity index (χ4n) is 3.26. The number of nitrogens with zero attached hydrogens (tertiary/aromatic N) is 2. The summed E-state index contributed by atoms with van der Waals surface area (Å²) in [6.07, 6.45) is 2.19. The predicted octanol–water partition coefficient (Wildman–Crippen LogP) is 3.38. The highest BCUT2D eigenvalue weighted by molar-refractivity contribution is 7.92. The fraction of sp³-hybridized carbons (Fsp3) is 0.350. The number of carbonyl (C=O) groups is 1. The van der Waals surface area contributed by atoms with Crippen LogP contribution in [0.4, 0.5) is 5.69 Å². The molecule has 138 valence electrons. The normalized spacial score (nSPS) is 17.8. The molecule has 1 amide bonds. The Morgan fingerprint density at radius 2 is 1.73 bits per heavy atom. The van der Waals surface area contributed by atoms with Crippen molar-refractivity contribution in [2.45, 2.75) is 24.7 Å². The van der Waals surface area contributed by atoms with Gasteiger partial charge in [-0.2, -0.15) is 0 Å². The number of amides is 1. The molecule has 1 saturated heterocycles. The van der Waals surface area contributed by atoms with Gasteiger partial charge in [-0.1, -0.05) is 25.1 Å². The first-order valence-electron chi connectivity index (χ1n) is 8.83. The van der Waals surface area contributed by atoms with Crippen molar-refractivity contribution in [1.29, 1.82) is 0 Å². The Bertz CT molecular complexity index is 864. The van der Waals surface area contributed by atoms with Crippen LogP contribution in [0.2, 0.25) is 0 Å². The van der Waals surface area contributed by atoms with Crippen LogP contribution in [0.25, 0.3) is 0 Å². The van der Waals surface area contributed by atoms with E-state index in [1.54, 1.807) is 54.6 Å². The third kappa shape index (κ3) is 3.75. The summed E-state index contributed by atoms with van der Waals surface area (Å²) in [4.78, 5) is 14.8. The molecule has 0 bridgehead atoms. The van der Waals surface area contributed by atoms with E-state index in [1.807, 2.05) is 4.90 Å². The number of hydrogen-bond acceptors (Lipinski definition) is 3. The van der Waals surface area contributed by atoms with Crippen molar-refractivity contribution in [3.05, 3.63) is 60.2 Å². The number of rotatable bonds is 4. The Morgan fingerprint density at radius 1 is 1.08 bits per heavy atom. The molecule has 0 aliphatic carbocycles. The topological polar surface area (TPSA) is 57.7 Å². The molecule has 1 aliphatic heterocycles. The summed E-state index contributed by atoms with van der Waals surface area (Å²) >= 11 is 0. The quantitative estimate of drug-likeness (QED) is 0.827. The van der Waals surface area contributed by atoms with E-state index in [1.165, 1.54) is 11.4 Å². The molecule has 2 aromatic carbocycles. The molecule has 0 radical (unpaired) electrons. The summed E-state index contributed by atoms with van der Waals surface area (Å²) in [5.41, 5.74) is 1.12. The zero-order chi connectivity index (χ0) is 18.7. The van der Waals surface area contributed by atoms with Gasteiger partial charge >= 0.3 is 0 Å². The molecule has 1 heterocycles. The van der Waals surface area contributed by atoms with Crippen LogP contribution in [0.15, 0.2) is 59.5 Å². The van der Waals surface area contributed by atoms with Crippen molar-refractivity contribution in [2.24, 2.45) is 5.92 Å². The second kappa shape index (κ2) is 7.50. The third-order valence-corrected chi connectivity index (χ3v) is 6.62. The summed E-state index contributed by atoms with van der Waals surface area (Å²) in [6, 6.07) is 15.1. The fourth-order valence-corrected chi connectivity index (χ4v) is 4.48. The van der Waals surface area contributed by atoms with Crippen LogP contribution in [-0.2, 0) is 10.0 Å². The van der Waals surface area contributed by atoms with Gasteiger partial charge in [-0.25, -0.2) is 8.42 Å². The molecule has 2 aromatic rings. The van der Waals surface area contributed by atoms with Gasteiger partial charge in [0.1, 0.15) is 0 Å². The number of hydrogen-bond donors (Lipinski definition) is 0. The number of sulfonamides is 1. The lowest BCUT2D eigenvalue weighted by Crippen LogP contribution is -2.39. The van der Waals surface area contributed by atoms with E-state index in [-0.39, 0.29) is 10.8 Å². The van der Waals surface area contributed by atoms with E-state index in [4.69, 9.17) is 0 Å². The summed E-state index contributed by atoms with van der Waals surface area (Å²) in [7, 11) is -2.10. The van der Waals surface area contributed by atoms with Crippen molar-refractivity contribution in [3.63, 3.8) is 0 Å². The van der Waals surface area contributed by atoms with Gasteiger partial charge in [0.05, 0.1) is 10.6 Å². The maximum atomic E-state index is 12.7. The highest BCUT2D eigenvalue weighted by Gasteiger charge is 2.23. The van der Waals surface area contributed by atoms with Crippen LogP contribution >= 0.6 is 0 Å². The van der Waals surface area contributed by atoms with Crippen LogP contribution in [0, 0.1) is 5.92 Å². The standard InChI is InChI=1S/C20H24N2O3S/c1-16-7-6-14-22(15-16)20(23)17-10-12-18(13-11-17)21(2)26(24,25)19-8-4-3-5-9-19/h3-5,8-13,16H,6-7,14-15H2,1-2H3. The highest BCUT2D eigenvalue weighted by Crippen LogP contribution is 2.23. The van der Waals surface area contributed by atoms with Gasteiger partial charge in [0.15, 0.2) is 0 Å². The SMILES string of the molecule is CC1CCCN(C(=O)c2ccc(N(C)S(=O)(=O)c3ccccc3)cc2)C1. The molecule has 1 unspecified atom stereocenters. The Hall–Kier alpha value is -2.34. The Morgan fingerprint density at radius 3 is 2.35 bits per heavy atom. The van der Waals surface area contributed by atoms with Crippen LogP contribution in [0.3, 0.4) is 0 Å². The van der Waals surface area contributed by atoms with E-state index in [9.17, 15) is 13.2 Å². The predicted molar refractivity (Wildman–Crippen MR) is 103 cm³/mol. The third-order valence-electron chi connectivity index (χ3n) is 4.82. The summed E-state index contributed by atoms with van der Waals surface area (Å²) < 4.78 is 26.6. The smallest absolute Gasteiger partial charge is 0.264 e. The van der Waals surface area contributed by atoms with E-state index >= 15 is 0 Å². The number of benzene rings is 2. The molecular weight excluding hydrogens is 348 g/mol. The van der Waals surface area contributed by atoms with E-state index in [2.05, 4.69) is 6.92 Å². The van der Waals surface area contributed by atoms with E-state index < -0.39 is 10.0 Å². The number of piperidine rings is 1. The lowest BCUT2D eigenvalue weighted by Gasteiger charge is -2.31. The van der Waals surface area contributed by atoms with Crippen LogP contribution in [0.1, 0.15) is 30.1 Å². The minimum atomic E-state index is -3.61. The van der Waals surface area contributed by atoms with Gasteiger partial charge in [-0.05, 0) is 55.2 Å². The average molecular weight is 372 g/mol. The molecule has 3 rings (SSSR count). The molecule has 1 aliphatic rings. The van der Waals surface area contributed by atoms with Gasteiger partial charge in [0.25, 0.3) is 15.9 Å². The Labute approximate surface area is 155 Å². The lowest BCUT2D eigenvalue weighted by molar-refractivity contribution is 0.0683. The van der Waals surface area contributed by atoms with Crippen LogP contribution in [-0.4, -0.2) is 39.4 Å². The molecule has 5 nitrogen and oxygen atoms in total. The summed E-state index contributed by atoms with van der Waals surface area (Å²) in [6.45, 7) is 3.72. The first-order chi connectivity index (χ1) is 12.4. The minimum Gasteiger partial charge on any atom is -0.338 e. The average Bonchev–Trinajstić information content (AvgIpc) is 2.67. The maximum Gasteiger partial charge on any atom is 0.264 e. The van der Waals surface area contributed by atoms with Gasteiger partial charge < -0.3 is 4.90 Å². The zero-order valence-corrected chi connectivity index (χ0v) is 15.9. The van der Waals surface area contributed by atoms with E-state index in [0.29, 0.717) is 17.2 Å². The van der Waals surface area contributed by atoms with Gasteiger partial charge in [-0.15, -0.1) is 0 Å². The largest absolute Gasteiger partial charge is 0.338 e. The first kappa shape index (κ1) is 18.5. The lowest BCUT2D eigenvalue weighted by atomic mass is 9.99. The van der Waals surface area contributed by atoms with Crippen LogP contribution < -0.4 is 4.31 Å². The van der Waals surface area contributed by atoms with Gasteiger partial charge in [-0.3, -0.25) is 9.10 Å². The minimum absolute atomic E-state index is 0.0108. The Kier molecular flexibility index (Phi) is 5.32. The molecule has 26 heavy (non-hydrogen) atoms. The summed E-state index contributed by atoms with van der Waals surface area (Å²) in [5, 5.41) is 0. The number of likely N-dealkylation sites (tertiary alicyclic amines) is 1. The molecule has 1 fully saturated rings. The molecule has 1 atom stereocenters. The highest BCUT2D eigenvalue weighted by atomic mass is 32.2. The summed E-state index contributed by atoms with van der Waals surface area (Å²) in [5.74, 6) is 0.533. The van der Waals surface area contributed by atoms with Crippen molar-refractivity contribution >= 4 is 21.6 Å². The molecule has 0 N–H and O–H groups in total. The first-order valence-corrected chi connectivity index (χ1v) is 10.3. The van der Waals surface area contributed by atoms with Crippen molar-refractivity contribution in [1.82, 2.24) is 4.90 Å². The molecular formula is C20H24N2O3S. The number of anilines is 1. The van der Waals surface area contributed by atoms with Crippen LogP contribution in [0.5, 0.6) is 0 Å². The van der Waals surface area contributed by atoms with Crippen molar-refractivity contribution in [3.8, 4) is 0 Å². The number of carbonyl (C=O) groups excluding carboxylic acids is 1. The Balaban J connectivity index is 1.78.